The van der Waals surface area contributed by atoms with Crippen molar-refractivity contribution in [3.05, 3.63) is 127 Å². The Labute approximate surface area is 209 Å². The second-order valence-corrected chi connectivity index (χ2v) is 9.06. The van der Waals surface area contributed by atoms with Crippen LogP contribution in [0.15, 0.2) is 126 Å². The summed E-state index contributed by atoms with van der Waals surface area (Å²) in [6.07, 6.45) is 4.31. The fraction of sp³-hybridized carbons (Fsp3) is 0.0303. The summed E-state index contributed by atoms with van der Waals surface area (Å²) in [7, 11) is 0. The Hall–Kier alpha value is -4.76. The van der Waals surface area contributed by atoms with Crippen molar-refractivity contribution in [2.75, 3.05) is 16.8 Å². The topological polar surface area (TPSA) is 28.4 Å². The Bertz CT molecular complexity index is 1730. The molecule has 0 fully saturated rings. The molecule has 36 heavy (non-hydrogen) atoms. The Kier molecular flexibility index (Phi) is 4.85. The molecule has 1 aromatic heterocycles. The number of nitrogens with one attached hydrogen (secondary N) is 1. The lowest BCUT2D eigenvalue weighted by molar-refractivity contribution is 0.628. The van der Waals surface area contributed by atoms with E-state index in [9.17, 15) is 0 Å². The van der Waals surface area contributed by atoms with E-state index in [4.69, 9.17) is 4.42 Å². The molecule has 1 aliphatic rings. The van der Waals surface area contributed by atoms with Gasteiger partial charge in [-0.3, -0.25) is 0 Å². The van der Waals surface area contributed by atoms with Crippen molar-refractivity contribution in [1.82, 2.24) is 0 Å². The van der Waals surface area contributed by atoms with E-state index >= 15 is 0 Å². The van der Waals surface area contributed by atoms with Crippen LogP contribution in [0.1, 0.15) is 5.56 Å². The average molecular weight is 465 g/mol. The van der Waals surface area contributed by atoms with Gasteiger partial charge in [0.25, 0.3) is 0 Å². The van der Waals surface area contributed by atoms with Gasteiger partial charge in [0, 0.05) is 23.5 Å². The van der Waals surface area contributed by atoms with Gasteiger partial charge in [0.05, 0.1) is 11.1 Å². The summed E-state index contributed by atoms with van der Waals surface area (Å²) in [5.41, 5.74) is 7.68. The first-order valence-corrected chi connectivity index (χ1v) is 12.3. The quantitative estimate of drug-likeness (QED) is 0.282. The fourth-order valence-corrected chi connectivity index (χ4v) is 5.14. The molecule has 0 spiro atoms. The molecule has 0 aliphatic carbocycles. The van der Waals surface area contributed by atoms with E-state index in [-0.39, 0.29) is 0 Å². The first kappa shape index (κ1) is 20.6. The van der Waals surface area contributed by atoms with E-state index in [1.807, 2.05) is 6.07 Å². The number of anilines is 4. The molecule has 3 nitrogen and oxygen atoms in total. The molecule has 172 valence electrons. The molecule has 2 heterocycles. The standard InChI is InChI=1S/C33H24N2O/c1-2-8-23(9-3-1)25-15-18-27(19-16-25)35(28-20-17-24-10-4-5-11-26(24)22-28)30-13-6-14-31-32(30)29-12-7-21-34-33(29)36-31/h1-20,22,34H,21H2. The minimum absolute atomic E-state index is 0.775. The predicted molar refractivity (Wildman–Crippen MR) is 151 cm³/mol. The van der Waals surface area contributed by atoms with E-state index in [0.29, 0.717) is 0 Å². The summed E-state index contributed by atoms with van der Waals surface area (Å²) in [6, 6.07) is 40.8. The highest BCUT2D eigenvalue weighted by molar-refractivity contribution is 6.05. The van der Waals surface area contributed by atoms with Crippen LogP contribution >= 0.6 is 0 Å². The number of benzene rings is 5. The minimum atomic E-state index is 0.775. The summed E-state index contributed by atoms with van der Waals surface area (Å²) in [5.74, 6) is 0.831. The largest absolute Gasteiger partial charge is 0.440 e. The molecular formula is C33H24N2O. The van der Waals surface area contributed by atoms with E-state index in [2.05, 4.69) is 132 Å². The van der Waals surface area contributed by atoms with Gasteiger partial charge in [-0.2, -0.15) is 0 Å². The third-order valence-electron chi connectivity index (χ3n) is 6.86. The van der Waals surface area contributed by atoms with Gasteiger partial charge in [0.1, 0.15) is 5.58 Å². The van der Waals surface area contributed by atoms with Gasteiger partial charge in [0.15, 0.2) is 0 Å². The van der Waals surface area contributed by atoms with Crippen molar-refractivity contribution in [1.29, 1.82) is 0 Å². The van der Waals surface area contributed by atoms with E-state index in [0.717, 1.165) is 46.0 Å². The van der Waals surface area contributed by atoms with Crippen molar-refractivity contribution in [2.24, 2.45) is 0 Å². The highest BCUT2D eigenvalue weighted by atomic mass is 16.3. The van der Waals surface area contributed by atoms with Crippen LogP contribution in [0.4, 0.5) is 22.9 Å². The number of nitrogens with zero attached hydrogens (tertiary/aromatic N) is 1. The van der Waals surface area contributed by atoms with Crippen LogP contribution in [0.25, 0.3) is 38.9 Å². The lowest BCUT2D eigenvalue weighted by Gasteiger charge is -2.27. The Morgan fingerprint density at radius 3 is 2.25 bits per heavy atom. The molecule has 1 N–H and O–H groups in total. The number of hydrogen-bond donors (Lipinski definition) is 1. The maximum Gasteiger partial charge on any atom is 0.201 e. The van der Waals surface area contributed by atoms with Crippen molar-refractivity contribution in [3.8, 4) is 11.1 Å². The molecule has 0 radical (unpaired) electrons. The summed E-state index contributed by atoms with van der Waals surface area (Å²) < 4.78 is 6.21. The first-order valence-electron chi connectivity index (χ1n) is 12.3. The van der Waals surface area contributed by atoms with E-state index in [1.165, 1.54) is 21.9 Å². The van der Waals surface area contributed by atoms with Crippen LogP contribution in [-0.4, -0.2) is 6.54 Å². The Balaban J connectivity index is 1.45. The van der Waals surface area contributed by atoms with Gasteiger partial charge in [0.2, 0.25) is 5.88 Å². The molecule has 5 aromatic carbocycles. The van der Waals surface area contributed by atoms with Gasteiger partial charge < -0.3 is 14.6 Å². The van der Waals surface area contributed by atoms with Crippen LogP contribution in [0.2, 0.25) is 0 Å². The summed E-state index contributed by atoms with van der Waals surface area (Å²) in [6.45, 7) is 0.775. The third kappa shape index (κ3) is 3.45. The van der Waals surface area contributed by atoms with Gasteiger partial charge in [-0.05, 0) is 58.3 Å². The van der Waals surface area contributed by atoms with Gasteiger partial charge in [-0.15, -0.1) is 0 Å². The third-order valence-corrected chi connectivity index (χ3v) is 6.86. The number of furan rings is 1. The van der Waals surface area contributed by atoms with Gasteiger partial charge in [-0.1, -0.05) is 91.0 Å². The molecule has 0 unspecified atom stereocenters. The van der Waals surface area contributed by atoms with Crippen LogP contribution < -0.4 is 10.2 Å². The lowest BCUT2D eigenvalue weighted by atomic mass is 10.0. The van der Waals surface area contributed by atoms with Crippen molar-refractivity contribution >= 4 is 50.8 Å². The minimum Gasteiger partial charge on any atom is -0.440 e. The molecule has 0 amide bonds. The maximum absolute atomic E-state index is 6.21. The van der Waals surface area contributed by atoms with Gasteiger partial charge in [-0.25, -0.2) is 0 Å². The average Bonchev–Trinajstić information content (AvgIpc) is 3.33. The highest BCUT2D eigenvalue weighted by Gasteiger charge is 2.22. The molecular weight excluding hydrogens is 440 g/mol. The normalized spacial score (nSPS) is 12.4. The molecule has 0 atom stereocenters. The van der Waals surface area contributed by atoms with Crippen LogP contribution in [0.5, 0.6) is 0 Å². The first-order chi connectivity index (χ1) is 17.8. The Morgan fingerprint density at radius 1 is 0.639 bits per heavy atom. The van der Waals surface area contributed by atoms with Crippen molar-refractivity contribution in [3.63, 3.8) is 0 Å². The second-order valence-electron chi connectivity index (χ2n) is 9.06. The molecule has 0 saturated heterocycles. The Morgan fingerprint density at radius 2 is 1.39 bits per heavy atom. The monoisotopic (exact) mass is 464 g/mol. The number of hydrogen-bond acceptors (Lipinski definition) is 3. The fourth-order valence-electron chi connectivity index (χ4n) is 5.14. The van der Waals surface area contributed by atoms with Crippen LogP contribution in [-0.2, 0) is 0 Å². The SMILES string of the molecule is C1=Cc2c(oc3cccc(N(c4ccc(-c5ccccc5)cc4)c4ccc5ccccc5c4)c23)NC1. The molecule has 0 bridgehead atoms. The zero-order valence-electron chi connectivity index (χ0n) is 19.7. The summed E-state index contributed by atoms with van der Waals surface area (Å²) >= 11 is 0. The summed E-state index contributed by atoms with van der Waals surface area (Å²) in [4.78, 5) is 2.34. The smallest absolute Gasteiger partial charge is 0.201 e. The number of rotatable bonds is 4. The van der Waals surface area contributed by atoms with Gasteiger partial charge >= 0.3 is 0 Å². The van der Waals surface area contributed by atoms with Crippen LogP contribution in [0.3, 0.4) is 0 Å². The van der Waals surface area contributed by atoms with Crippen LogP contribution in [0, 0.1) is 0 Å². The maximum atomic E-state index is 6.21. The van der Waals surface area contributed by atoms with E-state index < -0.39 is 0 Å². The molecule has 3 heteroatoms. The zero-order chi connectivity index (χ0) is 23.9. The lowest BCUT2D eigenvalue weighted by Crippen LogP contribution is -2.10. The molecule has 6 aromatic rings. The molecule has 0 saturated carbocycles. The highest BCUT2D eigenvalue weighted by Crippen LogP contribution is 2.44. The number of fused-ring (bicyclic) bond motifs is 4. The zero-order valence-corrected chi connectivity index (χ0v) is 19.7. The molecule has 1 aliphatic heterocycles. The predicted octanol–water partition coefficient (Wildman–Crippen LogP) is 9.16. The molecule has 7 rings (SSSR count). The summed E-state index contributed by atoms with van der Waals surface area (Å²) in [5, 5.41) is 6.92. The van der Waals surface area contributed by atoms with Crippen molar-refractivity contribution in [2.45, 2.75) is 0 Å². The second kappa shape index (κ2) is 8.47. The van der Waals surface area contributed by atoms with Crippen molar-refractivity contribution < 1.29 is 4.42 Å². The van der Waals surface area contributed by atoms with E-state index in [1.54, 1.807) is 0 Å².